The van der Waals surface area contributed by atoms with Gasteiger partial charge >= 0.3 is 0 Å². The third-order valence-electron chi connectivity index (χ3n) is 6.32. The third kappa shape index (κ3) is 5.91. The highest BCUT2D eigenvalue weighted by atomic mass is 32.2. The van der Waals surface area contributed by atoms with E-state index in [4.69, 9.17) is 14.5 Å². The number of nitrogens with zero attached hydrogens (tertiary/aromatic N) is 4. The molecule has 1 aromatic heterocycles. The number of aromatic nitrogens is 2. The van der Waals surface area contributed by atoms with E-state index in [2.05, 4.69) is 4.90 Å². The minimum absolute atomic E-state index is 0.0376. The lowest BCUT2D eigenvalue weighted by Gasteiger charge is -2.36. The molecular weight excluding hydrogens is 476 g/mol. The Labute approximate surface area is 215 Å². The molecule has 0 saturated carbocycles. The second-order valence-electron chi connectivity index (χ2n) is 8.61. The van der Waals surface area contributed by atoms with E-state index in [1.165, 1.54) is 16.3 Å². The van der Waals surface area contributed by atoms with Crippen LogP contribution in [-0.4, -0.2) is 66.5 Å². The second kappa shape index (κ2) is 12.1. The van der Waals surface area contributed by atoms with Crippen LogP contribution in [0.3, 0.4) is 0 Å². The van der Waals surface area contributed by atoms with Crippen molar-refractivity contribution in [1.29, 1.82) is 0 Å². The number of para-hydroxylation sites is 2. The van der Waals surface area contributed by atoms with Gasteiger partial charge in [0.2, 0.25) is 5.91 Å². The van der Waals surface area contributed by atoms with Crippen molar-refractivity contribution in [3.63, 3.8) is 0 Å². The molecular formula is C27H32N4O4S. The van der Waals surface area contributed by atoms with E-state index < -0.39 is 0 Å². The number of thioether (sulfide) groups is 1. The first-order valence-corrected chi connectivity index (χ1v) is 12.9. The Morgan fingerprint density at radius 3 is 2.39 bits per heavy atom. The van der Waals surface area contributed by atoms with Gasteiger partial charge in [0.1, 0.15) is 5.75 Å². The maximum Gasteiger partial charge on any atom is 0.257 e. The number of ether oxygens (including phenoxy) is 2. The molecule has 0 atom stereocenters. The van der Waals surface area contributed by atoms with Crippen molar-refractivity contribution in [2.45, 2.75) is 18.2 Å². The van der Waals surface area contributed by atoms with Crippen molar-refractivity contribution in [3.05, 3.63) is 81.8 Å². The Morgan fingerprint density at radius 1 is 1.00 bits per heavy atom. The summed E-state index contributed by atoms with van der Waals surface area (Å²) >= 11 is 1.29. The fourth-order valence-corrected chi connectivity index (χ4v) is 5.23. The Kier molecular flexibility index (Phi) is 8.66. The van der Waals surface area contributed by atoms with Crippen molar-refractivity contribution >= 4 is 23.4 Å². The van der Waals surface area contributed by atoms with Gasteiger partial charge < -0.3 is 19.3 Å². The van der Waals surface area contributed by atoms with Crippen molar-refractivity contribution in [2.24, 2.45) is 7.05 Å². The molecule has 0 spiro atoms. The highest BCUT2D eigenvalue weighted by molar-refractivity contribution is 7.99. The van der Waals surface area contributed by atoms with E-state index in [0.717, 1.165) is 30.1 Å². The van der Waals surface area contributed by atoms with Crippen LogP contribution in [0.2, 0.25) is 0 Å². The number of piperazine rings is 1. The monoisotopic (exact) mass is 508 g/mol. The summed E-state index contributed by atoms with van der Waals surface area (Å²) in [5.74, 6) is 1.09. The van der Waals surface area contributed by atoms with Crippen LogP contribution in [0, 0.1) is 0 Å². The van der Waals surface area contributed by atoms with Gasteiger partial charge in [-0.15, -0.1) is 0 Å². The standard InChI is InChI=1S/C27H32N4O4S/c1-29-26(33)21(17-20-9-5-4-6-10-20)22(18-34-2)28-27(29)36-19-25(32)31-15-13-30(14-16-31)23-11-7-8-12-24(23)35-3/h4-12H,13-19H2,1-3H3. The zero-order valence-electron chi connectivity index (χ0n) is 21.0. The van der Waals surface area contributed by atoms with Crippen LogP contribution in [0.15, 0.2) is 64.5 Å². The van der Waals surface area contributed by atoms with E-state index in [-0.39, 0.29) is 23.8 Å². The Bertz CT molecular complexity index is 1240. The maximum absolute atomic E-state index is 13.2. The summed E-state index contributed by atoms with van der Waals surface area (Å²) in [4.78, 5) is 35.0. The predicted octanol–water partition coefficient (Wildman–Crippen LogP) is 2.97. The van der Waals surface area contributed by atoms with Crippen LogP contribution in [0.5, 0.6) is 5.75 Å². The number of benzene rings is 2. The van der Waals surface area contributed by atoms with Gasteiger partial charge in [0.25, 0.3) is 5.56 Å². The van der Waals surface area contributed by atoms with Gasteiger partial charge in [-0.2, -0.15) is 0 Å². The lowest BCUT2D eigenvalue weighted by Crippen LogP contribution is -2.49. The minimum atomic E-state index is -0.110. The smallest absolute Gasteiger partial charge is 0.257 e. The molecule has 1 saturated heterocycles. The Hall–Kier alpha value is -3.30. The van der Waals surface area contributed by atoms with Crippen molar-refractivity contribution < 1.29 is 14.3 Å². The Morgan fingerprint density at radius 2 is 1.69 bits per heavy atom. The topological polar surface area (TPSA) is 76.9 Å². The summed E-state index contributed by atoms with van der Waals surface area (Å²) in [6.45, 7) is 2.98. The van der Waals surface area contributed by atoms with Crippen LogP contribution in [0.25, 0.3) is 0 Å². The van der Waals surface area contributed by atoms with Crippen molar-refractivity contribution in [2.75, 3.05) is 51.1 Å². The molecule has 8 nitrogen and oxygen atoms in total. The molecule has 0 aliphatic carbocycles. The zero-order valence-corrected chi connectivity index (χ0v) is 21.8. The van der Waals surface area contributed by atoms with Gasteiger partial charge in [0.15, 0.2) is 5.16 Å². The number of methoxy groups -OCH3 is 2. The first-order valence-electron chi connectivity index (χ1n) is 11.9. The van der Waals surface area contributed by atoms with E-state index >= 15 is 0 Å². The van der Waals surface area contributed by atoms with Crippen LogP contribution >= 0.6 is 11.8 Å². The summed E-state index contributed by atoms with van der Waals surface area (Å²) in [6, 6.07) is 17.8. The predicted molar refractivity (Wildman–Crippen MR) is 142 cm³/mol. The summed E-state index contributed by atoms with van der Waals surface area (Å²) in [5.41, 5.74) is 3.21. The number of hydrogen-bond acceptors (Lipinski definition) is 7. The quantitative estimate of drug-likeness (QED) is 0.325. The number of amides is 1. The Balaban J connectivity index is 1.41. The van der Waals surface area contributed by atoms with Gasteiger partial charge in [0.05, 0.1) is 30.9 Å². The molecule has 4 rings (SSSR count). The second-order valence-corrected chi connectivity index (χ2v) is 9.55. The van der Waals surface area contributed by atoms with Crippen LogP contribution in [-0.2, 0) is 29.6 Å². The fraction of sp³-hybridized carbons (Fsp3) is 0.370. The summed E-state index contributed by atoms with van der Waals surface area (Å²) in [6.07, 6.45) is 0.486. The van der Waals surface area contributed by atoms with Crippen LogP contribution in [0.1, 0.15) is 16.8 Å². The molecule has 9 heteroatoms. The van der Waals surface area contributed by atoms with Gasteiger partial charge in [0, 0.05) is 52.3 Å². The summed E-state index contributed by atoms with van der Waals surface area (Å²) < 4.78 is 12.3. The highest BCUT2D eigenvalue weighted by Crippen LogP contribution is 2.28. The average molecular weight is 509 g/mol. The molecule has 3 aromatic rings. The summed E-state index contributed by atoms with van der Waals surface area (Å²) in [7, 11) is 4.97. The van der Waals surface area contributed by atoms with Crippen molar-refractivity contribution in [1.82, 2.24) is 14.5 Å². The molecule has 1 fully saturated rings. The van der Waals surface area contributed by atoms with Crippen LogP contribution < -0.4 is 15.2 Å². The molecule has 0 bridgehead atoms. The fourth-order valence-electron chi connectivity index (χ4n) is 4.34. The third-order valence-corrected chi connectivity index (χ3v) is 7.33. The first-order chi connectivity index (χ1) is 17.5. The number of carbonyl (C=O) groups is 1. The highest BCUT2D eigenvalue weighted by Gasteiger charge is 2.24. The maximum atomic E-state index is 13.2. The number of carbonyl (C=O) groups excluding carboxylic acids is 1. The van der Waals surface area contributed by atoms with Crippen molar-refractivity contribution in [3.8, 4) is 5.75 Å². The van der Waals surface area contributed by atoms with Gasteiger partial charge in [-0.3, -0.25) is 14.2 Å². The van der Waals surface area contributed by atoms with E-state index in [1.807, 2.05) is 59.5 Å². The summed E-state index contributed by atoms with van der Waals surface area (Å²) in [5, 5.41) is 0.518. The molecule has 1 aliphatic heterocycles. The largest absolute Gasteiger partial charge is 0.495 e. The van der Waals surface area contributed by atoms with E-state index in [0.29, 0.717) is 35.9 Å². The van der Waals surface area contributed by atoms with Gasteiger partial charge in [-0.1, -0.05) is 54.2 Å². The van der Waals surface area contributed by atoms with E-state index in [1.54, 1.807) is 21.3 Å². The first kappa shape index (κ1) is 25.8. The molecule has 0 N–H and O–H groups in total. The van der Waals surface area contributed by atoms with Gasteiger partial charge in [-0.05, 0) is 17.7 Å². The molecule has 1 aliphatic rings. The SMILES string of the molecule is COCc1nc(SCC(=O)N2CCN(c3ccccc3OC)CC2)n(C)c(=O)c1Cc1ccccc1. The minimum Gasteiger partial charge on any atom is -0.495 e. The van der Waals surface area contributed by atoms with Gasteiger partial charge in [-0.25, -0.2) is 4.98 Å². The number of hydrogen-bond donors (Lipinski definition) is 0. The van der Waals surface area contributed by atoms with E-state index in [9.17, 15) is 9.59 Å². The molecule has 0 unspecified atom stereocenters. The molecule has 2 aromatic carbocycles. The molecule has 2 heterocycles. The lowest BCUT2D eigenvalue weighted by atomic mass is 10.0. The molecule has 1 amide bonds. The average Bonchev–Trinajstić information content (AvgIpc) is 2.92. The lowest BCUT2D eigenvalue weighted by molar-refractivity contribution is -0.128. The number of rotatable bonds is 9. The number of anilines is 1. The zero-order chi connectivity index (χ0) is 25.5. The normalized spacial score (nSPS) is 13.6. The molecule has 36 heavy (non-hydrogen) atoms. The van der Waals surface area contributed by atoms with Crippen LogP contribution in [0.4, 0.5) is 5.69 Å². The molecule has 190 valence electrons. The molecule has 0 radical (unpaired) electrons.